The van der Waals surface area contributed by atoms with E-state index in [0.717, 1.165) is 45.7 Å². The summed E-state index contributed by atoms with van der Waals surface area (Å²) in [7, 11) is 0. The van der Waals surface area contributed by atoms with Gasteiger partial charge in [0, 0.05) is 13.1 Å². The molecule has 1 aliphatic rings. The van der Waals surface area contributed by atoms with Crippen LogP contribution < -0.4 is 34.7 Å². The topological polar surface area (TPSA) is 35.5 Å². The van der Waals surface area contributed by atoms with E-state index in [1.165, 1.54) is 6.42 Å². The van der Waals surface area contributed by atoms with Crippen LogP contribution in [0.1, 0.15) is 19.3 Å². The summed E-state index contributed by atoms with van der Waals surface area (Å²) in [6, 6.07) is 0. The first kappa shape index (κ1) is 13.9. The van der Waals surface area contributed by atoms with E-state index >= 15 is 0 Å². The average Bonchev–Trinajstić information content (AvgIpc) is 2.14. The number of hydrogen-bond donors (Lipinski definition) is 0. The third kappa shape index (κ3) is 6.89. The maximum Gasteiger partial charge on any atom is 1.00 e. The van der Waals surface area contributed by atoms with Crippen molar-refractivity contribution in [2.24, 2.45) is 0 Å². The first-order chi connectivity index (χ1) is 5.93. The molecule has 0 aliphatic carbocycles. The zero-order chi connectivity index (χ0) is 8.65. The molecule has 0 radical (unpaired) electrons. The largest absolute Gasteiger partial charge is 1.00 e. The van der Waals surface area contributed by atoms with Crippen LogP contribution in [-0.4, -0.2) is 44.4 Å². The fourth-order valence-corrected chi connectivity index (χ4v) is 1.44. The van der Waals surface area contributed by atoms with Gasteiger partial charge >= 0.3 is 29.6 Å². The van der Waals surface area contributed by atoms with Gasteiger partial charge in [0.2, 0.25) is 0 Å². The summed E-state index contributed by atoms with van der Waals surface area (Å²) >= 11 is 0. The molecule has 0 aromatic rings. The van der Waals surface area contributed by atoms with E-state index in [2.05, 4.69) is 4.90 Å². The predicted molar refractivity (Wildman–Crippen MR) is 46.0 cm³/mol. The number of rotatable bonds is 5. The summed E-state index contributed by atoms with van der Waals surface area (Å²) in [5, 5.41) is 10.1. The molecule has 0 spiro atoms. The Kier molecular flexibility index (Phi) is 10.1. The van der Waals surface area contributed by atoms with Crippen molar-refractivity contribution in [1.82, 2.24) is 4.90 Å². The molecule has 4 heteroatoms. The minimum absolute atomic E-state index is 0. The minimum Gasteiger partial charge on any atom is -0.854 e. The van der Waals surface area contributed by atoms with Gasteiger partial charge in [-0.2, -0.15) is 0 Å². The van der Waals surface area contributed by atoms with Crippen molar-refractivity contribution < 1.29 is 39.4 Å². The van der Waals surface area contributed by atoms with Crippen LogP contribution in [-0.2, 0) is 4.74 Å². The standard InChI is InChI=1S/C9H18NO2.Na/c11-7-3-1-2-4-10-5-8-12-9-6-10;/h1-9H2;/q-1;+1. The Balaban J connectivity index is 0.00000144. The van der Waals surface area contributed by atoms with E-state index < -0.39 is 0 Å². The van der Waals surface area contributed by atoms with Crippen molar-refractivity contribution in [3.05, 3.63) is 0 Å². The smallest absolute Gasteiger partial charge is 0.854 e. The molecule has 0 atom stereocenters. The molecule has 1 rings (SSSR count). The Labute approximate surface area is 103 Å². The van der Waals surface area contributed by atoms with Gasteiger partial charge in [-0.1, -0.05) is 12.8 Å². The van der Waals surface area contributed by atoms with Crippen LogP contribution in [0.5, 0.6) is 0 Å². The molecule has 0 aromatic carbocycles. The van der Waals surface area contributed by atoms with Crippen molar-refractivity contribution in [3.8, 4) is 0 Å². The van der Waals surface area contributed by atoms with Gasteiger partial charge in [0.05, 0.1) is 13.2 Å². The van der Waals surface area contributed by atoms with E-state index in [4.69, 9.17) is 4.74 Å². The predicted octanol–water partition coefficient (Wildman–Crippen LogP) is -3.15. The molecule has 0 aromatic heterocycles. The second-order valence-electron chi connectivity index (χ2n) is 3.22. The second kappa shape index (κ2) is 9.44. The minimum atomic E-state index is 0. The van der Waals surface area contributed by atoms with Gasteiger partial charge in [0.1, 0.15) is 0 Å². The first-order valence-corrected chi connectivity index (χ1v) is 4.81. The molecule has 0 N–H and O–H groups in total. The Morgan fingerprint density at radius 2 is 1.77 bits per heavy atom. The summed E-state index contributed by atoms with van der Waals surface area (Å²) in [4.78, 5) is 2.41. The van der Waals surface area contributed by atoms with Crippen LogP contribution >= 0.6 is 0 Å². The van der Waals surface area contributed by atoms with E-state index in [1.807, 2.05) is 0 Å². The number of ether oxygens (including phenoxy) is 1. The zero-order valence-electron chi connectivity index (χ0n) is 8.63. The van der Waals surface area contributed by atoms with Crippen LogP contribution in [0, 0.1) is 0 Å². The van der Waals surface area contributed by atoms with Gasteiger partial charge in [-0.25, -0.2) is 0 Å². The van der Waals surface area contributed by atoms with Gasteiger partial charge in [-0.15, -0.1) is 6.61 Å². The first-order valence-electron chi connectivity index (χ1n) is 4.81. The van der Waals surface area contributed by atoms with Crippen LogP contribution in [0.3, 0.4) is 0 Å². The fourth-order valence-electron chi connectivity index (χ4n) is 1.44. The third-order valence-corrected chi connectivity index (χ3v) is 2.22. The van der Waals surface area contributed by atoms with E-state index in [1.54, 1.807) is 0 Å². The number of hydrogen-bond acceptors (Lipinski definition) is 3. The fraction of sp³-hybridized carbons (Fsp3) is 1.00. The van der Waals surface area contributed by atoms with E-state index in [-0.39, 0.29) is 36.2 Å². The monoisotopic (exact) mass is 195 g/mol. The van der Waals surface area contributed by atoms with E-state index in [0.29, 0.717) is 0 Å². The van der Waals surface area contributed by atoms with Crippen molar-refractivity contribution >= 4 is 0 Å². The molecule has 0 unspecified atom stereocenters. The van der Waals surface area contributed by atoms with Crippen molar-refractivity contribution in [2.75, 3.05) is 39.5 Å². The van der Waals surface area contributed by atoms with Gasteiger partial charge in [0.15, 0.2) is 0 Å². The second-order valence-corrected chi connectivity index (χ2v) is 3.22. The Hall–Kier alpha value is 0.880. The zero-order valence-corrected chi connectivity index (χ0v) is 10.6. The van der Waals surface area contributed by atoms with Crippen LogP contribution in [0.4, 0.5) is 0 Å². The van der Waals surface area contributed by atoms with Crippen LogP contribution in [0.15, 0.2) is 0 Å². The van der Waals surface area contributed by atoms with E-state index in [9.17, 15) is 5.11 Å². The summed E-state index contributed by atoms with van der Waals surface area (Å²) in [5.74, 6) is 0. The Bertz CT molecular complexity index is 108. The molecule has 72 valence electrons. The van der Waals surface area contributed by atoms with Gasteiger partial charge in [-0.05, 0) is 13.0 Å². The molecule has 1 heterocycles. The van der Waals surface area contributed by atoms with Crippen LogP contribution in [0.25, 0.3) is 0 Å². The maximum absolute atomic E-state index is 10.1. The van der Waals surface area contributed by atoms with Gasteiger partial charge < -0.3 is 9.84 Å². The Morgan fingerprint density at radius 1 is 1.08 bits per heavy atom. The quantitative estimate of drug-likeness (QED) is 0.343. The number of morpholine rings is 1. The molecular weight excluding hydrogens is 177 g/mol. The molecule has 1 saturated heterocycles. The molecular formula is C9H18NNaO2. The normalized spacial score (nSPS) is 18.2. The molecule has 0 amide bonds. The van der Waals surface area contributed by atoms with Gasteiger partial charge in [0.25, 0.3) is 0 Å². The summed E-state index contributed by atoms with van der Waals surface area (Å²) in [5.41, 5.74) is 0. The summed E-state index contributed by atoms with van der Waals surface area (Å²) in [6.45, 7) is 5.12. The molecule has 0 saturated carbocycles. The Morgan fingerprint density at radius 3 is 2.38 bits per heavy atom. The SMILES string of the molecule is [Na+].[O-]CCCCCN1CCOCC1. The molecule has 0 bridgehead atoms. The molecule has 1 aliphatic heterocycles. The average molecular weight is 195 g/mol. The molecule has 1 fully saturated rings. The van der Waals surface area contributed by atoms with Crippen molar-refractivity contribution in [2.45, 2.75) is 19.3 Å². The number of unbranched alkanes of at least 4 members (excludes halogenated alkanes) is 2. The molecule has 3 nitrogen and oxygen atoms in total. The van der Waals surface area contributed by atoms with Gasteiger partial charge in [-0.3, -0.25) is 4.90 Å². The number of nitrogens with zero attached hydrogens (tertiary/aromatic N) is 1. The van der Waals surface area contributed by atoms with Crippen molar-refractivity contribution in [1.29, 1.82) is 0 Å². The summed E-state index contributed by atoms with van der Waals surface area (Å²) < 4.78 is 5.24. The maximum atomic E-state index is 10.1. The van der Waals surface area contributed by atoms with Crippen LogP contribution in [0.2, 0.25) is 0 Å². The molecule has 13 heavy (non-hydrogen) atoms. The van der Waals surface area contributed by atoms with Crippen molar-refractivity contribution in [3.63, 3.8) is 0 Å². The third-order valence-electron chi connectivity index (χ3n) is 2.22. The summed E-state index contributed by atoms with van der Waals surface area (Å²) in [6.07, 6.45) is 3.09.